The van der Waals surface area contributed by atoms with E-state index in [0.29, 0.717) is 0 Å². The van der Waals surface area contributed by atoms with E-state index in [1.165, 1.54) is 0 Å². The molecule has 0 fully saturated rings. The number of rotatable bonds is 4. The molecule has 0 aliphatic carbocycles. The van der Waals surface area contributed by atoms with Crippen LogP contribution in [0.25, 0.3) is 0 Å². The molecule has 0 bridgehead atoms. The van der Waals surface area contributed by atoms with Gasteiger partial charge in [0, 0.05) is 31.5 Å². The molecule has 2 heterocycles. The van der Waals surface area contributed by atoms with Gasteiger partial charge in [-0.25, -0.2) is 4.98 Å². The molecule has 0 aliphatic heterocycles. The van der Waals surface area contributed by atoms with Gasteiger partial charge in [-0.05, 0) is 14.0 Å². The predicted octanol–water partition coefficient (Wildman–Crippen LogP) is 0.945. The lowest BCUT2D eigenvalue weighted by atomic mass is 10.1. The number of aryl methyl sites for hydroxylation is 2. The van der Waals surface area contributed by atoms with Crippen LogP contribution in [0.5, 0.6) is 0 Å². The first kappa shape index (κ1) is 10.9. The van der Waals surface area contributed by atoms with Gasteiger partial charge in [-0.3, -0.25) is 4.68 Å². The molecule has 2 rings (SSSR count). The van der Waals surface area contributed by atoms with Crippen molar-refractivity contribution in [2.45, 2.75) is 19.5 Å². The molecule has 86 valence electrons. The number of hydrogen-bond acceptors (Lipinski definition) is 3. The highest BCUT2D eigenvalue weighted by molar-refractivity contribution is 5.22. The molecule has 0 aromatic carbocycles. The zero-order chi connectivity index (χ0) is 11.5. The van der Waals surface area contributed by atoms with Crippen LogP contribution >= 0.6 is 0 Å². The fourth-order valence-corrected chi connectivity index (χ4v) is 1.77. The maximum Gasteiger partial charge on any atom is 0.0947 e. The van der Waals surface area contributed by atoms with Crippen LogP contribution in [0.1, 0.15) is 24.2 Å². The second-order valence-electron chi connectivity index (χ2n) is 3.82. The van der Waals surface area contributed by atoms with E-state index in [1.807, 2.05) is 42.1 Å². The Labute approximate surface area is 95.1 Å². The molecule has 0 spiro atoms. The molecule has 5 nitrogen and oxygen atoms in total. The molecule has 2 aromatic heterocycles. The van der Waals surface area contributed by atoms with Gasteiger partial charge >= 0.3 is 0 Å². The molecule has 0 radical (unpaired) electrons. The Bertz CT molecular complexity index is 456. The quantitative estimate of drug-likeness (QED) is 0.832. The number of hydrogen-bond donors (Lipinski definition) is 1. The Morgan fingerprint density at radius 1 is 1.44 bits per heavy atom. The van der Waals surface area contributed by atoms with Crippen molar-refractivity contribution >= 4 is 0 Å². The monoisotopic (exact) mass is 219 g/mol. The van der Waals surface area contributed by atoms with Crippen LogP contribution in [-0.4, -0.2) is 26.4 Å². The molecular formula is C11H17N5. The van der Waals surface area contributed by atoms with Gasteiger partial charge in [0.25, 0.3) is 0 Å². The predicted molar refractivity (Wildman–Crippen MR) is 62.0 cm³/mol. The van der Waals surface area contributed by atoms with E-state index in [1.54, 1.807) is 0 Å². The number of nitrogens with one attached hydrogen (secondary N) is 1. The SMILES string of the molecule is CCn1cc(C(NC)c2cn(C)cn2)cn1. The van der Waals surface area contributed by atoms with Crippen molar-refractivity contribution in [3.05, 3.63) is 36.2 Å². The molecule has 0 amide bonds. The zero-order valence-electron chi connectivity index (χ0n) is 9.88. The van der Waals surface area contributed by atoms with Crippen LogP contribution in [-0.2, 0) is 13.6 Å². The normalized spacial score (nSPS) is 12.9. The minimum absolute atomic E-state index is 0.112. The summed E-state index contributed by atoms with van der Waals surface area (Å²) in [5, 5.41) is 7.53. The average molecular weight is 219 g/mol. The Morgan fingerprint density at radius 3 is 2.75 bits per heavy atom. The van der Waals surface area contributed by atoms with Crippen LogP contribution < -0.4 is 5.32 Å². The molecule has 2 aromatic rings. The fourth-order valence-electron chi connectivity index (χ4n) is 1.77. The van der Waals surface area contributed by atoms with E-state index < -0.39 is 0 Å². The third-order valence-electron chi connectivity index (χ3n) is 2.62. The van der Waals surface area contributed by atoms with E-state index in [-0.39, 0.29) is 6.04 Å². The second kappa shape index (κ2) is 4.49. The summed E-state index contributed by atoms with van der Waals surface area (Å²) in [6, 6.07) is 0.112. The van der Waals surface area contributed by atoms with Gasteiger partial charge in [-0.15, -0.1) is 0 Å². The second-order valence-corrected chi connectivity index (χ2v) is 3.82. The van der Waals surface area contributed by atoms with E-state index in [4.69, 9.17) is 0 Å². The Balaban J connectivity index is 2.28. The van der Waals surface area contributed by atoms with E-state index >= 15 is 0 Å². The summed E-state index contributed by atoms with van der Waals surface area (Å²) < 4.78 is 3.87. The van der Waals surface area contributed by atoms with Crippen molar-refractivity contribution in [1.82, 2.24) is 24.6 Å². The third kappa shape index (κ3) is 1.99. The highest BCUT2D eigenvalue weighted by atomic mass is 15.3. The van der Waals surface area contributed by atoms with Crippen molar-refractivity contribution in [3.63, 3.8) is 0 Å². The first-order chi connectivity index (χ1) is 7.74. The number of nitrogens with zero attached hydrogens (tertiary/aromatic N) is 4. The molecule has 0 aliphatic rings. The van der Waals surface area contributed by atoms with Gasteiger partial charge < -0.3 is 9.88 Å². The maximum atomic E-state index is 4.36. The van der Waals surface area contributed by atoms with Gasteiger partial charge in [-0.2, -0.15) is 5.10 Å². The molecule has 1 N–H and O–H groups in total. The topological polar surface area (TPSA) is 47.7 Å². The summed E-state index contributed by atoms with van der Waals surface area (Å²) in [5.74, 6) is 0. The first-order valence-corrected chi connectivity index (χ1v) is 5.42. The first-order valence-electron chi connectivity index (χ1n) is 5.42. The molecule has 1 atom stereocenters. The molecule has 0 saturated carbocycles. The van der Waals surface area contributed by atoms with Crippen molar-refractivity contribution in [2.75, 3.05) is 7.05 Å². The highest BCUT2D eigenvalue weighted by Crippen LogP contribution is 2.19. The van der Waals surface area contributed by atoms with Gasteiger partial charge in [-0.1, -0.05) is 0 Å². The van der Waals surface area contributed by atoms with Crippen molar-refractivity contribution in [3.8, 4) is 0 Å². The Hall–Kier alpha value is -1.62. The summed E-state index contributed by atoms with van der Waals surface area (Å²) in [4.78, 5) is 4.36. The Morgan fingerprint density at radius 2 is 2.25 bits per heavy atom. The van der Waals surface area contributed by atoms with E-state index in [2.05, 4.69) is 28.5 Å². The minimum Gasteiger partial charge on any atom is -0.340 e. The van der Waals surface area contributed by atoms with Crippen LogP contribution in [0.2, 0.25) is 0 Å². The van der Waals surface area contributed by atoms with E-state index in [0.717, 1.165) is 17.8 Å². The van der Waals surface area contributed by atoms with Crippen LogP contribution in [0.3, 0.4) is 0 Å². The fraction of sp³-hybridized carbons (Fsp3) is 0.455. The lowest BCUT2D eigenvalue weighted by Gasteiger charge is -2.11. The van der Waals surface area contributed by atoms with Crippen molar-refractivity contribution in [1.29, 1.82) is 0 Å². The van der Waals surface area contributed by atoms with Crippen molar-refractivity contribution < 1.29 is 0 Å². The third-order valence-corrected chi connectivity index (χ3v) is 2.62. The summed E-state index contributed by atoms with van der Waals surface area (Å²) in [6.07, 6.45) is 7.77. The maximum absolute atomic E-state index is 4.36. The highest BCUT2D eigenvalue weighted by Gasteiger charge is 2.15. The number of imidazole rings is 1. The van der Waals surface area contributed by atoms with Crippen LogP contribution in [0.4, 0.5) is 0 Å². The van der Waals surface area contributed by atoms with Crippen molar-refractivity contribution in [2.24, 2.45) is 7.05 Å². The summed E-state index contributed by atoms with van der Waals surface area (Å²) in [6.45, 7) is 2.96. The molecule has 1 unspecified atom stereocenters. The summed E-state index contributed by atoms with van der Waals surface area (Å²) in [5.41, 5.74) is 2.16. The van der Waals surface area contributed by atoms with Crippen LogP contribution in [0, 0.1) is 0 Å². The number of aromatic nitrogens is 4. The average Bonchev–Trinajstić information content (AvgIpc) is 2.89. The smallest absolute Gasteiger partial charge is 0.0947 e. The zero-order valence-corrected chi connectivity index (χ0v) is 9.88. The summed E-state index contributed by atoms with van der Waals surface area (Å²) in [7, 11) is 3.90. The standard InChI is InChI=1S/C11H17N5/c1-4-16-6-9(5-14-16)11(12-2)10-7-15(3)8-13-10/h5-8,11-12H,4H2,1-3H3. The lowest BCUT2D eigenvalue weighted by molar-refractivity contribution is 0.650. The minimum atomic E-state index is 0.112. The van der Waals surface area contributed by atoms with Gasteiger partial charge in [0.2, 0.25) is 0 Å². The molecule has 16 heavy (non-hydrogen) atoms. The Kier molecular flexibility index (Phi) is 3.05. The van der Waals surface area contributed by atoms with Crippen LogP contribution in [0.15, 0.2) is 24.9 Å². The lowest BCUT2D eigenvalue weighted by Crippen LogP contribution is -2.17. The van der Waals surface area contributed by atoms with Gasteiger partial charge in [0.1, 0.15) is 0 Å². The largest absolute Gasteiger partial charge is 0.340 e. The molecule has 0 saturated heterocycles. The van der Waals surface area contributed by atoms with Gasteiger partial charge in [0.15, 0.2) is 0 Å². The molecule has 5 heteroatoms. The molecular weight excluding hydrogens is 202 g/mol. The summed E-state index contributed by atoms with van der Waals surface area (Å²) >= 11 is 0. The van der Waals surface area contributed by atoms with Gasteiger partial charge in [0.05, 0.1) is 24.3 Å². The van der Waals surface area contributed by atoms with E-state index in [9.17, 15) is 0 Å².